The molecule has 1 nitrogen and oxygen atoms in total. The first-order valence-electron chi connectivity index (χ1n) is 6.58. The molecule has 2 heterocycles. The fourth-order valence-corrected chi connectivity index (χ4v) is 3.82. The second-order valence-corrected chi connectivity index (χ2v) is 5.60. The molecule has 2 fully saturated rings. The quantitative estimate of drug-likeness (QED) is 0.695. The number of benzene rings is 1. The van der Waals surface area contributed by atoms with Crippen LogP contribution >= 0.6 is 0 Å². The minimum absolute atomic E-state index is 0.770. The van der Waals surface area contributed by atoms with Gasteiger partial charge in [-0.25, -0.2) is 0 Å². The first kappa shape index (κ1) is 10.3. The van der Waals surface area contributed by atoms with Crippen LogP contribution in [-0.4, -0.2) is 23.5 Å². The lowest BCUT2D eigenvalue weighted by Crippen LogP contribution is -2.30. The van der Waals surface area contributed by atoms with E-state index in [1.54, 1.807) is 5.56 Å². The van der Waals surface area contributed by atoms with Crippen LogP contribution in [0.5, 0.6) is 0 Å². The second kappa shape index (κ2) is 3.89. The highest BCUT2D eigenvalue weighted by Crippen LogP contribution is 2.44. The van der Waals surface area contributed by atoms with Crippen molar-refractivity contribution < 1.29 is 0 Å². The molecule has 0 bridgehead atoms. The van der Waals surface area contributed by atoms with Crippen LogP contribution in [0.4, 0.5) is 0 Å². The van der Waals surface area contributed by atoms with Gasteiger partial charge >= 0.3 is 0 Å². The van der Waals surface area contributed by atoms with E-state index in [0.29, 0.717) is 0 Å². The largest absolute Gasteiger partial charge is 0.297 e. The van der Waals surface area contributed by atoms with Crippen LogP contribution in [0.1, 0.15) is 38.2 Å². The van der Waals surface area contributed by atoms with Crippen molar-refractivity contribution in [3.8, 4) is 0 Å². The summed E-state index contributed by atoms with van der Waals surface area (Å²) in [6.45, 7) is 6.11. The Morgan fingerprint density at radius 1 is 1.06 bits per heavy atom. The SMILES string of the molecule is C[C@H]1CN2[C@H](CC[C@@H]2C)[C@H]1c1ccccc1. The molecule has 0 amide bonds. The molecule has 86 valence electrons. The van der Waals surface area contributed by atoms with Crippen LogP contribution in [0.2, 0.25) is 0 Å². The molecular formula is C15H21N. The summed E-state index contributed by atoms with van der Waals surface area (Å²) >= 11 is 0. The first-order valence-corrected chi connectivity index (χ1v) is 6.58. The summed E-state index contributed by atoms with van der Waals surface area (Å²) < 4.78 is 0. The maximum atomic E-state index is 2.74. The van der Waals surface area contributed by atoms with E-state index < -0.39 is 0 Å². The topological polar surface area (TPSA) is 3.24 Å². The third-order valence-electron chi connectivity index (χ3n) is 4.58. The Balaban J connectivity index is 1.91. The highest BCUT2D eigenvalue weighted by Gasteiger charge is 2.45. The van der Waals surface area contributed by atoms with Crippen molar-refractivity contribution in [3.05, 3.63) is 35.9 Å². The Labute approximate surface area is 98.5 Å². The summed E-state index contributed by atoms with van der Waals surface area (Å²) in [5, 5.41) is 0. The number of nitrogens with zero attached hydrogens (tertiary/aromatic N) is 1. The molecule has 0 aromatic heterocycles. The van der Waals surface area contributed by atoms with Crippen molar-refractivity contribution >= 4 is 0 Å². The minimum atomic E-state index is 0.770. The molecule has 0 saturated carbocycles. The molecule has 1 heteroatoms. The van der Waals surface area contributed by atoms with Crippen LogP contribution < -0.4 is 0 Å². The van der Waals surface area contributed by atoms with E-state index in [2.05, 4.69) is 49.1 Å². The van der Waals surface area contributed by atoms with Crippen LogP contribution in [0.3, 0.4) is 0 Å². The number of rotatable bonds is 1. The molecule has 0 unspecified atom stereocenters. The number of fused-ring (bicyclic) bond motifs is 1. The van der Waals surface area contributed by atoms with Gasteiger partial charge in [0.2, 0.25) is 0 Å². The van der Waals surface area contributed by atoms with E-state index in [-0.39, 0.29) is 0 Å². The lowest BCUT2D eigenvalue weighted by Gasteiger charge is -2.23. The van der Waals surface area contributed by atoms with Crippen LogP contribution in [0.15, 0.2) is 30.3 Å². The van der Waals surface area contributed by atoms with Crippen molar-refractivity contribution in [1.82, 2.24) is 4.90 Å². The summed E-state index contributed by atoms with van der Waals surface area (Å²) in [5.74, 6) is 1.58. The fourth-order valence-electron chi connectivity index (χ4n) is 3.82. The van der Waals surface area contributed by atoms with Gasteiger partial charge in [-0.3, -0.25) is 4.90 Å². The molecule has 2 aliphatic heterocycles. The fraction of sp³-hybridized carbons (Fsp3) is 0.600. The monoisotopic (exact) mass is 215 g/mol. The van der Waals surface area contributed by atoms with Gasteiger partial charge < -0.3 is 0 Å². The Morgan fingerprint density at radius 2 is 1.81 bits per heavy atom. The summed E-state index contributed by atoms with van der Waals surface area (Å²) in [6, 6.07) is 12.7. The number of hydrogen-bond donors (Lipinski definition) is 0. The zero-order chi connectivity index (χ0) is 11.1. The Morgan fingerprint density at radius 3 is 2.56 bits per heavy atom. The number of hydrogen-bond acceptors (Lipinski definition) is 1. The lowest BCUT2D eigenvalue weighted by molar-refractivity contribution is 0.250. The van der Waals surface area contributed by atoms with Crippen molar-refractivity contribution in [2.24, 2.45) is 5.92 Å². The van der Waals surface area contributed by atoms with Crippen LogP contribution in [-0.2, 0) is 0 Å². The lowest BCUT2D eigenvalue weighted by atomic mass is 9.84. The molecule has 16 heavy (non-hydrogen) atoms. The summed E-state index contributed by atoms with van der Waals surface area (Å²) in [6.07, 6.45) is 2.78. The van der Waals surface area contributed by atoms with E-state index >= 15 is 0 Å². The molecule has 0 aliphatic carbocycles. The van der Waals surface area contributed by atoms with E-state index in [1.165, 1.54) is 19.4 Å². The van der Waals surface area contributed by atoms with Gasteiger partial charge in [-0.15, -0.1) is 0 Å². The predicted octanol–water partition coefficient (Wildman–Crippen LogP) is 3.27. The van der Waals surface area contributed by atoms with Gasteiger partial charge in [0.25, 0.3) is 0 Å². The molecular weight excluding hydrogens is 194 g/mol. The van der Waals surface area contributed by atoms with E-state index in [9.17, 15) is 0 Å². The van der Waals surface area contributed by atoms with Gasteiger partial charge in [0, 0.05) is 24.5 Å². The molecule has 4 atom stereocenters. The molecule has 1 aromatic rings. The zero-order valence-electron chi connectivity index (χ0n) is 10.3. The molecule has 2 aliphatic rings. The summed E-state index contributed by atoms with van der Waals surface area (Å²) in [4.78, 5) is 2.74. The van der Waals surface area contributed by atoms with Crippen molar-refractivity contribution in [2.75, 3.05) is 6.54 Å². The smallest absolute Gasteiger partial charge is 0.0170 e. The minimum Gasteiger partial charge on any atom is -0.297 e. The molecule has 2 saturated heterocycles. The third kappa shape index (κ3) is 1.49. The average molecular weight is 215 g/mol. The van der Waals surface area contributed by atoms with E-state index in [0.717, 1.165) is 23.9 Å². The Kier molecular flexibility index (Phi) is 2.51. The standard InChI is InChI=1S/C15H21N/c1-11-10-16-12(2)8-9-14(16)15(11)13-6-4-3-5-7-13/h3-7,11-12,14-15H,8-10H2,1-2H3/t11-,12-,14+,15+/m0/s1. The highest BCUT2D eigenvalue weighted by atomic mass is 15.2. The molecule has 0 N–H and O–H groups in total. The van der Waals surface area contributed by atoms with Gasteiger partial charge in [-0.1, -0.05) is 37.3 Å². The van der Waals surface area contributed by atoms with E-state index in [4.69, 9.17) is 0 Å². The normalized spacial score (nSPS) is 38.9. The molecule has 0 spiro atoms. The second-order valence-electron chi connectivity index (χ2n) is 5.60. The van der Waals surface area contributed by atoms with Crippen LogP contribution in [0.25, 0.3) is 0 Å². The van der Waals surface area contributed by atoms with Crippen molar-refractivity contribution in [3.63, 3.8) is 0 Å². The van der Waals surface area contributed by atoms with Gasteiger partial charge in [-0.2, -0.15) is 0 Å². The highest BCUT2D eigenvalue weighted by molar-refractivity contribution is 5.25. The van der Waals surface area contributed by atoms with Gasteiger partial charge in [-0.05, 0) is 31.2 Å². The maximum absolute atomic E-state index is 2.74. The van der Waals surface area contributed by atoms with Gasteiger partial charge in [0.1, 0.15) is 0 Å². The zero-order valence-corrected chi connectivity index (χ0v) is 10.3. The van der Waals surface area contributed by atoms with Crippen molar-refractivity contribution in [1.29, 1.82) is 0 Å². The summed E-state index contributed by atoms with van der Waals surface area (Å²) in [5.41, 5.74) is 1.55. The maximum Gasteiger partial charge on any atom is 0.0170 e. The van der Waals surface area contributed by atoms with Crippen LogP contribution in [0, 0.1) is 5.92 Å². The molecule has 3 rings (SSSR count). The van der Waals surface area contributed by atoms with Crippen molar-refractivity contribution in [2.45, 2.75) is 44.7 Å². The summed E-state index contributed by atoms with van der Waals surface area (Å²) in [7, 11) is 0. The predicted molar refractivity (Wildman–Crippen MR) is 67.5 cm³/mol. The first-order chi connectivity index (χ1) is 7.77. The average Bonchev–Trinajstić information content (AvgIpc) is 2.80. The molecule has 1 aromatic carbocycles. The van der Waals surface area contributed by atoms with Gasteiger partial charge in [0.05, 0.1) is 0 Å². The molecule has 0 radical (unpaired) electrons. The van der Waals surface area contributed by atoms with E-state index in [1.807, 2.05) is 0 Å². The Hall–Kier alpha value is -0.820. The third-order valence-corrected chi connectivity index (χ3v) is 4.58. The Bertz CT molecular complexity index is 359. The van der Waals surface area contributed by atoms with Gasteiger partial charge in [0.15, 0.2) is 0 Å².